The van der Waals surface area contributed by atoms with Crippen LogP contribution in [0.15, 0.2) is 46.9 Å². The molecule has 2 aromatic rings. The highest BCUT2D eigenvalue weighted by Crippen LogP contribution is 2.32. The van der Waals surface area contributed by atoms with Crippen LogP contribution in [0, 0.1) is 0 Å². The van der Waals surface area contributed by atoms with Crippen LogP contribution in [0.2, 0.25) is 0 Å². The number of benzene rings is 2. The third-order valence-electron chi connectivity index (χ3n) is 3.93. The zero-order valence-corrected chi connectivity index (χ0v) is 14.2. The molecule has 3 rings (SSSR count). The second kappa shape index (κ2) is 6.20. The number of rotatable bonds is 4. The molecule has 1 heterocycles. The van der Waals surface area contributed by atoms with Gasteiger partial charge in [-0.1, -0.05) is 60.1 Å². The van der Waals surface area contributed by atoms with Crippen LogP contribution < -0.4 is 10.2 Å². The molecule has 0 aliphatic carbocycles. The van der Waals surface area contributed by atoms with Gasteiger partial charge in [0.25, 0.3) is 0 Å². The van der Waals surface area contributed by atoms with Gasteiger partial charge >= 0.3 is 0 Å². The van der Waals surface area contributed by atoms with Gasteiger partial charge in [-0.25, -0.2) is 0 Å². The van der Waals surface area contributed by atoms with E-state index in [0.29, 0.717) is 6.04 Å². The summed E-state index contributed by atoms with van der Waals surface area (Å²) < 4.78 is 1.14. The monoisotopic (exact) mass is 344 g/mol. The first-order valence-corrected chi connectivity index (χ1v) is 8.26. The van der Waals surface area contributed by atoms with Crippen molar-refractivity contribution in [1.82, 2.24) is 5.32 Å². The molecule has 0 aromatic heterocycles. The summed E-state index contributed by atoms with van der Waals surface area (Å²) in [6, 6.07) is 15.8. The Bertz CT molecular complexity index is 612. The standard InChI is InChI=1S/C18H21BrN2/c1-13(2)20-10-14-7-8-17(19)9-18(14)21-11-15-5-3-4-6-16(15)12-21/h3-9,13,20H,10-12H2,1-2H3. The summed E-state index contributed by atoms with van der Waals surface area (Å²) in [5.74, 6) is 0. The number of fused-ring (bicyclic) bond motifs is 1. The largest absolute Gasteiger partial charge is 0.363 e. The van der Waals surface area contributed by atoms with Crippen LogP contribution in [0.3, 0.4) is 0 Å². The second-order valence-electron chi connectivity index (χ2n) is 5.93. The Morgan fingerprint density at radius 3 is 2.38 bits per heavy atom. The van der Waals surface area contributed by atoms with E-state index < -0.39 is 0 Å². The highest BCUT2D eigenvalue weighted by Gasteiger charge is 2.20. The number of hydrogen-bond donors (Lipinski definition) is 1. The molecule has 0 bridgehead atoms. The van der Waals surface area contributed by atoms with E-state index in [-0.39, 0.29) is 0 Å². The molecule has 1 aliphatic rings. The number of anilines is 1. The van der Waals surface area contributed by atoms with E-state index in [1.165, 1.54) is 22.4 Å². The third kappa shape index (κ3) is 3.30. The molecule has 1 aliphatic heterocycles. The van der Waals surface area contributed by atoms with E-state index in [4.69, 9.17) is 0 Å². The van der Waals surface area contributed by atoms with Gasteiger partial charge in [-0.2, -0.15) is 0 Å². The van der Waals surface area contributed by atoms with Gasteiger partial charge in [0, 0.05) is 35.8 Å². The maximum atomic E-state index is 3.61. The lowest BCUT2D eigenvalue weighted by molar-refractivity contribution is 0.588. The highest BCUT2D eigenvalue weighted by molar-refractivity contribution is 9.10. The molecule has 0 radical (unpaired) electrons. The molecule has 0 amide bonds. The van der Waals surface area contributed by atoms with Crippen LogP contribution in [-0.4, -0.2) is 6.04 Å². The van der Waals surface area contributed by atoms with E-state index in [1.807, 2.05) is 0 Å². The molecule has 0 saturated carbocycles. The predicted octanol–water partition coefficient (Wildman–Crippen LogP) is 4.47. The first kappa shape index (κ1) is 14.6. The first-order valence-electron chi connectivity index (χ1n) is 7.47. The topological polar surface area (TPSA) is 15.3 Å². The van der Waals surface area contributed by atoms with Gasteiger partial charge in [0.1, 0.15) is 0 Å². The Morgan fingerprint density at radius 1 is 1.10 bits per heavy atom. The van der Waals surface area contributed by atoms with Crippen LogP contribution in [0.1, 0.15) is 30.5 Å². The smallest absolute Gasteiger partial charge is 0.0436 e. The molecule has 0 saturated heterocycles. The van der Waals surface area contributed by atoms with E-state index in [9.17, 15) is 0 Å². The minimum atomic E-state index is 0.497. The summed E-state index contributed by atoms with van der Waals surface area (Å²) in [6.07, 6.45) is 0. The Hall–Kier alpha value is -1.32. The van der Waals surface area contributed by atoms with Crippen molar-refractivity contribution in [1.29, 1.82) is 0 Å². The van der Waals surface area contributed by atoms with Crippen molar-refractivity contribution in [2.24, 2.45) is 0 Å². The average molecular weight is 345 g/mol. The molecule has 0 atom stereocenters. The number of nitrogens with zero attached hydrogens (tertiary/aromatic N) is 1. The zero-order valence-electron chi connectivity index (χ0n) is 12.6. The number of halogens is 1. The lowest BCUT2D eigenvalue weighted by Crippen LogP contribution is -2.24. The third-order valence-corrected chi connectivity index (χ3v) is 4.42. The van der Waals surface area contributed by atoms with Gasteiger partial charge in [0.15, 0.2) is 0 Å². The lowest BCUT2D eigenvalue weighted by atomic mass is 10.1. The predicted molar refractivity (Wildman–Crippen MR) is 92.4 cm³/mol. The van der Waals surface area contributed by atoms with Gasteiger partial charge in [0.2, 0.25) is 0 Å². The van der Waals surface area contributed by atoms with E-state index in [2.05, 4.69) is 82.5 Å². The number of hydrogen-bond acceptors (Lipinski definition) is 2. The minimum absolute atomic E-state index is 0.497. The Morgan fingerprint density at radius 2 is 1.76 bits per heavy atom. The lowest BCUT2D eigenvalue weighted by Gasteiger charge is -2.23. The SMILES string of the molecule is CC(C)NCc1ccc(Br)cc1N1Cc2ccccc2C1. The first-order chi connectivity index (χ1) is 10.1. The minimum Gasteiger partial charge on any atom is -0.363 e. The Labute approximate surface area is 135 Å². The van der Waals surface area contributed by atoms with Crippen LogP contribution in [0.4, 0.5) is 5.69 Å². The molecule has 110 valence electrons. The van der Waals surface area contributed by atoms with Crippen molar-refractivity contribution in [2.75, 3.05) is 4.90 Å². The summed E-state index contributed by atoms with van der Waals surface area (Å²) in [4.78, 5) is 2.47. The van der Waals surface area contributed by atoms with Crippen molar-refractivity contribution < 1.29 is 0 Å². The fourth-order valence-electron chi connectivity index (χ4n) is 2.80. The summed E-state index contributed by atoms with van der Waals surface area (Å²) in [6.45, 7) is 7.28. The molecule has 2 nitrogen and oxygen atoms in total. The van der Waals surface area contributed by atoms with Crippen LogP contribution in [0.25, 0.3) is 0 Å². The summed E-state index contributed by atoms with van der Waals surface area (Å²) in [5, 5.41) is 3.52. The summed E-state index contributed by atoms with van der Waals surface area (Å²) >= 11 is 3.61. The van der Waals surface area contributed by atoms with Gasteiger partial charge in [0.05, 0.1) is 0 Å². The Balaban J connectivity index is 1.86. The highest BCUT2D eigenvalue weighted by atomic mass is 79.9. The fraction of sp³-hybridized carbons (Fsp3) is 0.333. The van der Waals surface area contributed by atoms with Gasteiger partial charge in [-0.3, -0.25) is 0 Å². The van der Waals surface area contributed by atoms with Gasteiger partial charge in [-0.15, -0.1) is 0 Å². The van der Waals surface area contributed by atoms with Crippen molar-refractivity contribution in [3.05, 3.63) is 63.6 Å². The zero-order chi connectivity index (χ0) is 14.8. The van der Waals surface area contributed by atoms with Crippen LogP contribution in [0.5, 0.6) is 0 Å². The molecule has 0 fully saturated rings. The molecule has 0 spiro atoms. The summed E-state index contributed by atoms with van der Waals surface area (Å²) in [5.41, 5.74) is 5.58. The molecule has 3 heteroatoms. The van der Waals surface area contributed by atoms with E-state index in [1.54, 1.807) is 0 Å². The van der Waals surface area contributed by atoms with Crippen LogP contribution in [-0.2, 0) is 19.6 Å². The normalized spacial score (nSPS) is 13.8. The van der Waals surface area contributed by atoms with Crippen molar-refractivity contribution in [3.63, 3.8) is 0 Å². The maximum absolute atomic E-state index is 3.61. The summed E-state index contributed by atoms with van der Waals surface area (Å²) in [7, 11) is 0. The second-order valence-corrected chi connectivity index (χ2v) is 6.85. The number of nitrogens with one attached hydrogen (secondary N) is 1. The maximum Gasteiger partial charge on any atom is 0.0436 e. The molecule has 21 heavy (non-hydrogen) atoms. The van der Waals surface area contributed by atoms with E-state index >= 15 is 0 Å². The fourth-order valence-corrected chi connectivity index (χ4v) is 3.15. The van der Waals surface area contributed by atoms with Crippen molar-refractivity contribution in [3.8, 4) is 0 Å². The quantitative estimate of drug-likeness (QED) is 0.880. The van der Waals surface area contributed by atoms with Crippen molar-refractivity contribution >= 4 is 21.6 Å². The molecule has 2 aromatic carbocycles. The molecule has 1 N–H and O–H groups in total. The van der Waals surface area contributed by atoms with Crippen molar-refractivity contribution in [2.45, 2.75) is 39.5 Å². The van der Waals surface area contributed by atoms with Gasteiger partial charge in [-0.05, 0) is 28.8 Å². The van der Waals surface area contributed by atoms with Crippen LogP contribution >= 0.6 is 15.9 Å². The average Bonchev–Trinajstić information content (AvgIpc) is 2.89. The van der Waals surface area contributed by atoms with Gasteiger partial charge < -0.3 is 10.2 Å². The van der Waals surface area contributed by atoms with E-state index in [0.717, 1.165) is 24.1 Å². The molecule has 0 unspecified atom stereocenters. The molecular formula is C18H21BrN2. The Kier molecular flexibility index (Phi) is 4.32. The molecular weight excluding hydrogens is 324 g/mol.